The standard InChI is InChI=1S/C9H9F3N2O/c10-9(11,12)7-3-1-6(2-4-7)5-8(13)14-15/h1-4,8H,5,13H2. The minimum atomic E-state index is -4.34. The minimum Gasteiger partial charge on any atom is -0.307 e. The molecule has 6 heteroatoms. The first-order chi connectivity index (χ1) is 6.93. The number of nitrogens with zero attached hydrogens (tertiary/aromatic N) is 1. The van der Waals surface area contributed by atoms with Crippen LogP contribution in [-0.2, 0) is 12.6 Å². The van der Waals surface area contributed by atoms with Crippen molar-refractivity contribution >= 4 is 0 Å². The highest BCUT2D eigenvalue weighted by atomic mass is 19.4. The third kappa shape index (κ3) is 3.32. The molecule has 2 N–H and O–H groups in total. The SMILES string of the molecule is NC(Cc1ccc(C(F)(F)F)cc1)N=O. The second-order valence-corrected chi connectivity index (χ2v) is 3.07. The van der Waals surface area contributed by atoms with Crippen LogP contribution in [0.4, 0.5) is 13.2 Å². The van der Waals surface area contributed by atoms with Crippen LogP contribution in [0.5, 0.6) is 0 Å². The molecule has 1 atom stereocenters. The van der Waals surface area contributed by atoms with Gasteiger partial charge in [-0.3, -0.25) is 0 Å². The lowest BCUT2D eigenvalue weighted by Gasteiger charge is -2.07. The fraction of sp³-hybridized carbons (Fsp3) is 0.333. The maximum atomic E-state index is 12.2. The molecule has 0 aromatic heterocycles. The average Bonchev–Trinajstić information content (AvgIpc) is 2.17. The van der Waals surface area contributed by atoms with Crippen LogP contribution in [0.25, 0.3) is 0 Å². The van der Waals surface area contributed by atoms with Crippen molar-refractivity contribution in [3.63, 3.8) is 0 Å². The highest BCUT2D eigenvalue weighted by Crippen LogP contribution is 2.29. The van der Waals surface area contributed by atoms with Gasteiger partial charge in [-0.1, -0.05) is 17.3 Å². The number of nitrogens with two attached hydrogens (primary N) is 1. The molecular weight excluding hydrogens is 209 g/mol. The summed E-state index contributed by atoms with van der Waals surface area (Å²) in [7, 11) is 0. The Bertz CT molecular complexity index is 334. The van der Waals surface area contributed by atoms with Crippen molar-refractivity contribution in [3.8, 4) is 0 Å². The van der Waals surface area contributed by atoms with Gasteiger partial charge in [-0.05, 0) is 17.7 Å². The van der Waals surface area contributed by atoms with E-state index in [-0.39, 0.29) is 6.42 Å². The summed E-state index contributed by atoms with van der Waals surface area (Å²) in [6, 6.07) is 4.47. The Labute approximate surface area is 84.1 Å². The van der Waals surface area contributed by atoms with Crippen LogP contribution in [0.15, 0.2) is 29.4 Å². The number of hydrogen-bond donors (Lipinski definition) is 1. The molecule has 0 saturated carbocycles. The lowest BCUT2D eigenvalue weighted by Crippen LogP contribution is -2.19. The Morgan fingerprint density at radius 2 is 1.80 bits per heavy atom. The van der Waals surface area contributed by atoms with Crippen molar-refractivity contribution in [1.82, 2.24) is 0 Å². The van der Waals surface area contributed by atoms with Crippen molar-refractivity contribution in [1.29, 1.82) is 0 Å². The molecular formula is C9H9F3N2O. The number of halogens is 3. The first-order valence-electron chi connectivity index (χ1n) is 4.17. The van der Waals surface area contributed by atoms with Gasteiger partial charge in [0.15, 0.2) is 0 Å². The molecule has 0 aliphatic carbocycles. The Balaban J connectivity index is 2.77. The van der Waals surface area contributed by atoms with Gasteiger partial charge in [-0.2, -0.15) is 13.2 Å². The molecule has 0 spiro atoms. The predicted molar refractivity (Wildman–Crippen MR) is 48.9 cm³/mol. The quantitative estimate of drug-likeness (QED) is 0.791. The maximum absolute atomic E-state index is 12.2. The van der Waals surface area contributed by atoms with E-state index >= 15 is 0 Å². The van der Waals surface area contributed by atoms with Crippen molar-refractivity contribution in [2.75, 3.05) is 0 Å². The summed E-state index contributed by atoms with van der Waals surface area (Å²) in [5.41, 5.74) is 5.06. The summed E-state index contributed by atoms with van der Waals surface area (Å²) in [6.45, 7) is 0. The van der Waals surface area contributed by atoms with E-state index in [2.05, 4.69) is 5.18 Å². The van der Waals surface area contributed by atoms with Crippen molar-refractivity contribution in [2.45, 2.75) is 18.8 Å². The van der Waals surface area contributed by atoms with E-state index in [1.807, 2.05) is 0 Å². The molecule has 1 rings (SSSR count). The number of alkyl halides is 3. The van der Waals surface area contributed by atoms with E-state index in [1.165, 1.54) is 12.1 Å². The molecule has 0 aliphatic rings. The molecule has 1 aromatic carbocycles. The number of nitroso groups, excluding NO2 is 1. The van der Waals surface area contributed by atoms with E-state index in [9.17, 15) is 18.1 Å². The lowest BCUT2D eigenvalue weighted by molar-refractivity contribution is -0.137. The summed E-state index contributed by atoms with van der Waals surface area (Å²) in [4.78, 5) is 9.98. The lowest BCUT2D eigenvalue weighted by atomic mass is 10.1. The van der Waals surface area contributed by atoms with Gasteiger partial charge in [0.25, 0.3) is 0 Å². The summed E-state index contributed by atoms with van der Waals surface area (Å²) >= 11 is 0. The second-order valence-electron chi connectivity index (χ2n) is 3.07. The topological polar surface area (TPSA) is 55.4 Å². The highest BCUT2D eigenvalue weighted by molar-refractivity contribution is 5.25. The molecule has 0 radical (unpaired) electrons. The van der Waals surface area contributed by atoms with Gasteiger partial charge in [0, 0.05) is 6.42 Å². The van der Waals surface area contributed by atoms with Gasteiger partial charge in [0.2, 0.25) is 0 Å². The van der Waals surface area contributed by atoms with Crippen LogP contribution in [-0.4, -0.2) is 6.17 Å². The normalized spacial score (nSPS) is 13.6. The zero-order chi connectivity index (χ0) is 11.5. The van der Waals surface area contributed by atoms with E-state index in [1.54, 1.807) is 0 Å². The molecule has 0 fully saturated rings. The Morgan fingerprint density at radius 1 is 1.27 bits per heavy atom. The van der Waals surface area contributed by atoms with Crippen LogP contribution in [0.3, 0.4) is 0 Å². The summed E-state index contributed by atoms with van der Waals surface area (Å²) in [5.74, 6) is 0. The van der Waals surface area contributed by atoms with Crippen LogP contribution >= 0.6 is 0 Å². The van der Waals surface area contributed by atoms with E-state index in [4.69, 9.17) is 5.73 Å². The Morgan fingerprint density at radius 3 is 2.20 bits per heavy atom. The molecule has 0 amide bonds. The fourth-order valence-electron chi connectivity index (χ4n) is 1.11. The molecule has 15 heavy (non-hydrogen) atoms. The second kappa shape index (κ2) is 4.39. The van der Waals surface area contributed by atoms with Crippen molar-refractivity contribution in [3.05, 3.63) is 40.3 Å². The third-order valence-electron chi connectivity index (χ3n) is 1.86. The summed E-state index contributed by atoms with van der Waals surface area (Å²) in [5, 5.41) is 2.56. The maximum Gasteiger partial charge on any atom is 0.416 e. The van der Waals surface area contributed by atoms with Crippen LogP contribution in [0.2, 0.25) is 0 Å². The molecule has 1 unspecified atom stereocenters. The first-order valence-corrected chi connectivity index (χ1v) is 4.17. The first kappa shape index (κ1) is 11.6. The molecule has 0 aliphatic heterocycles. The van der Waals surface area contributed by atoms with E-state index in [0.717, 1.165) is 12.1 Å². The van der Waals surface area contributed by atoms with Crippen LogP contribution < -0.4 is 5.73 Å². The summed E-state index contributed by atoms with van der Waals surface area (Å²) in [6.07, 6.45) is -5.12. The largest absolute Gasteiger partial charge is 0.416 e. The highest BCUT2D eigenvalue weighted by Gasteiger charge is 2.29. The van der Waals surface area contributed by atoms with Crippen molar-refractivity contribution in [2.24, 2.45) is 10.9 Å². The molecule has 82 valence electrons. The van der Waals surface area contributed by atoms with Gasteiger partial charge >= 0.3 is 6.18 Å². The van der Waals surface area contributed by atoms with E-state index in [0.29, 0.717) is 5.56 Å². The zero-order valence-corrected chi connectivity index (χ0v) is 7.66. The van der Waals surface area contributed by atoms with Crippen molar-refractivity contribution < 1.29 is 13.2 Å². The molecule has 0 saturated heterocycles. The monoisotopic (exact) mass is 218 g/mol. The van der Waals surface area contributed by atoms with Gasteiger partial charge in [0.05, 0.1) is 5.56 Å². The number of hydrogen-bond acceptors (Lipinski definition) is 3. The van der Waals surface area contributed by atoms with Crippen LogP contribution in [0, 0.1) is 4.91 Å². The third-order valence-corrected chi connectivity index (χ3v) is 1.86. The van der Waals surface area contributed by atoms with Gasteiger partial charge < -0.3 is 5.73 Å². The molecule has 3 nitrogen and oxygen atoms in total. The zero-order valence-electron chi connectivity index (χ0n) is 7.66. The van der Waals surface area contributed by atoms with Gasteiger partial charge in [-0.25, -0.2) is 0 Å². The number of benzene rings is 1. The van der Waals surface area contributed by atoms with Gasteiger partial charge in [-0.15, -0.1) is 4.91 Å². The van der Waals surface area contributed by atoms with E-state index < -0.39 is 17.9 Å². The smallest absolute Gasteiger partial charge is 0.307 e. The van der Waals surface area contributed by atoms with Crippen LogP contribution in [0.1, 0.15) is 11.1 Å². The number of rotatable bonds is 3. The summed E-state index contributed by atoms with van der Waals surface area (Å²) < 4.78 is 36.5. The minimum absolute atomic E-state index is 0.141. The predicted octanol–water partition coefficient (Wildman–Crippen LogP) is 2.30. The molecule has 0 bridgehead atoms. The Hall–Kier alpha value is -1.43. The van der Waals surface area contributed by atoms with Gasteiger partial charge in [0.1, 0.15) is 6.17 Å². The Kier molecular flexibility index (Phi) is 3.41. The fourth-order valence-corrected chi connectivity index (χ4v) is 1.11. The molecule has 0 heterocycles. The average molecular weight is 218 g/mol. The molecule has 1 aromatic rings.